The maximum absolute atomic E-state index is 4.13. The smallest absolute Gasteiger partial charge is 0.358 e. The van der Waals surface area contributed by atoms with E-state index in [1.807, 2.05) is 30.3 Å². The second-order valence-electron chi connectivity index (χ2n) is 6.26. The van der Waals surface area contributed by atoms with Gasteiger partial charge in [-0.2, -0.15) is 35.9 Å². The zero-order chi connectivity index (χ0) is 17.6. The molecule has 0 aliphatic heterocycles. The molecule has 4 heteroatoms. The van der Waals surface area contributed by atoms with Gasteiger partial charge in [0, 0.05) is 6.20 Å². The van der Waals surface area contributed by atoms with E-state index in [0.29, 0.717) is 0 Å². The zero-order valence-electron chi connectivity index (χ0n) is 16.7. The minimum atomic E-state index is 0. The maximum Gasteiger partial charge on any atom is 3.00 e. The van der Waals surface area contributed by atoms with Gasteiger partial charge in [0.2, 0.25) is 0 Å². The van der Waals surface area contributed by atoms with E-state index < -0.39 is 0 Å². The Morgan fingerprint density at radius 3 is 2.33 bits per heavy atom. The van der Waals surface area contributed by atoms with Gasteiger partial charge >= 0.3 is 17.4 Å². The fourth-order valence-electron chi connectivity index (χ4n) is 3.18. The monoisotopic (exact) mass is 472 g/mol. The molecule has 1 nitrogen and oxygen atoms in total. The van der Waals surface area contributed by atoms with Crippen LogP contribution in [0.5, 0.6) is 0 Å². The van der Waals surface area contributed by atoms with Crippen LogP contribution >= 0.6 is 24.8 Å². The Morgan fingerprint density at radius 2 is 1.57 bits per heavy atom. The van der Waals surface area contributed by atoms with Crippen molar-refractivity contribution in [1.29, 1.82) is 0 Å². The molecular formula is C26H24Cl2CrN. The van der Waals surface area contributed by atoms with E-state index in [4.69, 9.17) is 0 Å². The average Bonchev–Trinajstić information content (AvgIpc) is 3.22. The summed E-state index contributed by atoms with van der Waals surface area (Å²) in [5.74, 6) is 0. The third-order valence-corrected chi connectivity index (χ3v) is 4.48. The van der Waals surface area contributed by atoms with E-state index in [1.165, 1.54) is 21.9 Å². The largest absolute Gasteiger partial charge is 3.00 e. The molecule has 1 heterocycles. The van der Waals surface area contributed by atoms with Crippen molar-refractivity contribution in [2.75, 3.05) is 0 Å². The topological polar surface area (TPSA) is 12.9 Å². The number of rotatable bonds is 2. The van der Waals surface area contributed by atoms with Crippen molar-refractivity contribution >= 4 is 46.5 Å². The summed E-state index contributed by atoms with van der Waals surface area (Å²) in [6.45, 7) is 0. The van der Waals surface area contributed by atoms with Gasteiger partial charge in [0.05, 0.1) is 0 Å². The number of allylic oxidation sites excluding steroid dienone is 4. The first-order chi connectivity index (χ1) is 12.9. The van der Waals surface area contributed by atoms with Gasteiger partial charge in [0.15, 0.2) is 0 Å². The number of benzene rings is 3. The number of halogens is 2. The second-order valence-corrected chi connectivity index (χ2v) is 6.26. The van der Waals surface area contributed by atoms with Gasteiger partial charge in [-0.3, -0.25) is 11.1 Å². The van der Waals surface area contributed by atoms with E-state index in [-0.39, 0.29) is 49.6 Å². The number of para-hydroxylation sites is 1. The van der Waals surface area contributed by atoms with Crippen LogP contribution in [0.4, 0.5) is 0 Å². The van der Waals surface area contributed by atoms with Gasteiger partial charge in [-0.1, -0.05) is 60.5 Å². The van der Waals surface area contributed by atoms with Gasteiger partial charge in [-0.15, -0.1) is 42.7 Å². The molecular weight excluding hydrogens is 449 g/mol. The molecule has 1 aliphatic rings. The molecule has 0 spiro atoms. The fourth-order valence-corrected chi connectivity index (χ4v) is 3.18. The van der Waals surface area contributed by atoms with Crippen LogP contribution in [0.2, 0.25) is 0 Å². The Hall–Kier alpha value is -2.08. The fraction of sp³-hybridized carbons (Fsp3) is 0.0769. The molecule has 0 fully saturated rings. The standard InChI is InChI=1S/C16H13.C9H6N.CH3.2ClH.Cr/c1-2-7-13(6-1)12-15-10-5-9-14-8-3-4-11-16(14)15;1-2-6-9-8(4-1)5-3-7-10-9;;;;/h3-11H,1,12H2;1-5,7H;1H3;2*1H;/q3*-1;;;+3. The minimum absolute atomic E-state index is 0. The summed E-state index contributed by atoms with van der Waals surface area (Å²) in [7, 11) is 0. The molecule has 0 bridgehead atoms. The number of fused-ring (bicyclic) bond motifs is 2. The van der Waals surface area contributed by atoms with Crippen molar-refractivity contribution in [2.45, 2.75) is 12.8 Å². The molecule has 3 aromatic carbocycles. The summed E-state index contributed by atoms with van der Waals surface area (Å²) in [5, 5.41) is 3.84. The quantitative estimate of drug-likeness (QED) is 0.277. The van der Waals surface area contributed by atoms with Crippen molar-refractivity contribution in [3.63, 3.8) is 0 Å². The molecule has 0 unspecified atom stereocenters. The molecule has 30 heavy (non-hydrogen) atoms. The van der Waals surface area contributed by atoms with Crippen LogP contribution in [0.1, 0.15) is 12.0 Å². The molecule has 4 aromatic rings. The maximum atomic E-state index is 4.13. The molecule has 153 valence electrons. The van der Waals surface area contributed by atoms with Crippen LogP contribution in [0.15, 0.2) is 96.7 Å². The molecule has 0 saturated heterocycles. The van der Waals surface area contributed by atoms with Crippen molar-refractivity contribution in [3.8, 4) is 0 Å². The summed E-state index contributed by atoms with van der Waals surface area (Å²) in [5.41, 5.74) is 3.73. The van der Waals surface area contributed by atoms with E-state index in [2.05, 4.69) is 71.7 Å². The minimum Gasteiger partial charge on any atom is -0.358 e. The van der Waals surface area contributed by atoms with E-state index >= 15 is 0 Å². The first-order valence-corrected chi connectivity index (χ1v) is 8.84. The molecule has 0 N–H and O–H groups in total. The van der Waals surface area contributed by atoms with Crippen molar-refractivity contribution in [1.82, 2.24) is 4.98 Å². The van der Waals surface area contributed by atoms with Gasteiger partial charge < -0.3 is 7.43 Å². The molecule has 1 aromatic heterocycles. The third-order valence-electron chi connectivity index (χ3n) is 4.48. The number of hydrogen-bond donors (Lipinski definition) is 0. The van der Waals surface area contributed by atoms with Crippen LogP contribution in [0.3, 0.4) is 0 Å². The molecule has 0 saturated carbocycles. The van der Waals surface area contributed by atoms with Gasteiger partial charge in [0.25, 0.3) is 0 Å². The SMILES string of the molecule is Cl.Cl.[C-]1=CC(Cc2cccc3ccccc23)=CC1.[CH3-].[Cr+3].[c-]1cccc2cccnc12. The van der Waals surface area contributed by atoms with Crippen LogP contribution < -0.4 is 0 Å². The van der Waals surface area contributed by atoms with E-state index in [9.17, 15) is 0 Å². The van der Waals surface area contributed by atoms with Crippen molar-refractivity contribution < 1.29 is 17.4 Å². The Balaban J connectivity index is 0.000000532. The first-order valence-electron chi connectivity index (χ1n) is 8.84. The Labute approximate surface area is 202 Å². The van der Waals surface area contributed by atoms with Crippen molar-refractivity contribution in [3.05, 3.63) is 122 Å². The molecule has 5 rings (SSSR count). The average molecular weight is 473 g/mol. The van der Waals surface area contributed by atoms with Gasteiger partial charge in [-0.25, -0.2) is 6.08 Å². The predicted octanol–water partition coefficient (Wildman–Crippen LogP) is 7.40. The normalized spacial score (nSPS) is 11.0. The zero-order valence-corrected chi connectivity index (χ0v) is 19.7. The molecule has 0 atom stereocenters. The number of hydrogen-bond acceptors (Lipinski definition) is 1. The number of nitrogens with zero attached hydrogens (tertiary/aromatic N) is 1. The molecule has 1 radical (unpaired) electrons. The Morgan fingerprint density at radius 1 is 0.833 bits per heavy atom. The Bertz CT molecular complexity index is 1040. The van der Waals surface area contributed by atoms with Crippen LogP contribution in [-0.4, -0.2) is 4.98 Å². The molecule has 0 amide bonds. The summed E-state index contributed by atoms with van der Waals surface area (Å²) >= 11 is 0. The summed E-state index contributed by atoms with van der Waals surface area (Å²) in [4.78, 5) is 4.13. The van der Waals surface area contributed by atoms with E-state index in [0.717, 1.165) is 23.7 Å². The van der Waals surface area contributed by atoms with Gasteiger partial charge in [0.1, 0.15) is 0 Å². The Kier molecular flexibility index (Phi) is 13.0. The summed E-state index contributed by atoms with van der Waals surface area (Å²) < 4.78 is 0. The first kappa shape index (κ1) is 27.9. The van der Waals surface area contributed by atoms with Crippen LogP contribution in [0, 0.1) is 19.6 Å². The summed E-state index contributed by atoms with van der Waals surface area (Å²) in [6, 6.07) is 28.0. The predicted molar refractivity (Wildman–Crippen MR) is 130 cm³/mol. The van der Waals surface area contributed by atoms with Crippen molar-refractivity contribution in [2.24, 2.45) is 0 Å². The number of pyridine rings is 1. The van der Waals surface area contributed by atoms with E-state index in [1.54, 1.807) is 6.20 Å². The van der Waals surface area contributed by atoms with Crippen LogP contribution in [-0.2, 0) is 23.8 Å². The van der Waals surface area contributed by atoms with Crippen LogP contribution in [0.25, 0.3) is 21.7 Å². The summed E-state index contributed by atoms with van der Waals surface area (Å²) in [6.07, 6.45) is 11.4. The molecule has 1 aliphatic carbocycles. The number of aromatic nitrogens is 1. The second kappa shape index (κ2) is 14.0. The third kappa shape index (κ3) is 7.01. The van der Waals surface area contributed by atoms with Gasteiger partial charge in [-0.05, 0) is 16.3 Å².